The molecular formula is C12H13FN2O2S2. The fraction of sp³-hybridized carbons (Fsp3) is 0.250. The lowest BCUT2D eigenvalue weighted by Crippen LogP contribution is -2.26. The molecule has 0 spiro atoms. The van der Waals surface area contributed by atoms with Gasteiger partial charge in [0.2, 0.25) is 10.0 Å². The smallest absolute Gasteiger partial charge is 0.240 e. The van der Waals surface area contributed by atoms with E-state index in [1.54, 1.807) is 18.6 Å². The molecule has 0 saturated carbocycles. The summed E-state index contributed by atoms with van der Waals surface area (Å²) in [5.74, 6) is -0.443. The number of aromatic nitrogens is 1. The molecule has 0 aliphatic heterocycles. The standard InChI is InChI=1S/C12H13FN2O2S2/c1-9-6-10(13)2-3-12(9)19(16,17)15-5-4-11-7-14-8-18-11/h2-3,6-8,15H,4-5H2,1H3. The molecular weight excluding hydrogens is 287 g/mol. The Hall–Kier alpha value is -1.31. The zero-order chi connectivity index (χ0) is 13.9. The molecule has 1 N–H and O–H groups in total. The Balaban J connectivity index is 2.05. The monoisotopic (exact) mass is 300 g/mol. The Morgan fingerprint density at radius 2 is 2.21 bits per heavy atom. The van der Waals surface area contributed by atoms with E-state index in [0.29, 0.717) is 18.5 Å². The molecule has 0 aliphatic carbocycles. The van der Waals surface area contributed by atoms with Gasteiger partial charge in [0, 0.05) is 17.6 Å². The zero-order valence-corrected chi connectivity index (χ0v) is 11.9. The summed E-state index contributed by atoms with van der Waals surface area (Å²) in [6.07, 6.45) is 2.30. The first-order valence-corrected chi connectivity index (χ1v) is 7.98. The number of halogens is 1. The van der Waals surface area contributed by atoms with E-state index in [2.05, 4.69) is 9.71 Å². The second kappa shape index (κ2) is 5.77. The van der Waals surface area contributed by atoms with Crippen molar-refractivity contribution in [2.45, 2.75) is 18.2 Å². The van der Waals surface area contributed by atoms with Gasteiger partial charge in [-0.1, -0.05) is 0 Å². The second-order valence-electron chi connectivity index (χ2n) is 4.03. The van der Waals surface area contributed by atoms with E-state index in [1.807, 2.05) is 0 Å². The van der Waals surface area contributed by atoms with Crippen molar-refractivity contribution < 1.29 is 12.8 Å². The van der Waals surface area contributed by atoms with Crippen molar-refractivity contribution in [3.05, 3.63) is 46.2 Å². The van der Waals surface area contributed by atoms with E-state index < -0.39 is 15.8 Å². The fourth-order valence-electron chi connectivity index (χ4n) is 1.67. The number of hydrogen-bond donors (Lipinski definition) is 1. The molecule has 1 aromatic heterocycles. The molecule has 102 valence electrons. The van der Waals surface area contributed by atoms with Crippen molar-refractivity contribution >= 4 is 21.4 Å². The van der Waals surface area contributed by atoms with E-state index in [4.69, 9.17) is 0 Å². The van der Waals surface area contributed by atoms with Crippen LogP contribution in [0.4, 0.5) is 4.39 Å². The molecule has 0 saturated heterocycles. The van der Waals surface area contributed by atoms with Crippen molar-refractivity contribution in [1.29, 1.82) is 0 Å². The van der Waals surface area contributed by atoms with Gasteiger partial charge in [-0.3, -0.25) is 4.98 Å². The lowest BCUT2D eigenvalue weighted by Gasteiger charge is -2.08. The summed E-state index contributed by atoms with van der Waals surface area (Å²) in [6, 6.07) is 3.63. The molecule has 1 aromatic carbocycles. The molecule has 0 bridgehead atoms. The second-order valence-corrected chi connectivity index (χ2v) is 6.73. The molecule has 1 heterocycles. The van der Waals surface area contributed by atoms with E-state index >= 15 is 0 Å². The normalized spacial score (nSPS) is 11.7. The van der Waals surface area contributed by atoms with Crippen LogP contribution in [-0.4, -0.2) is 19.9 Å². The van der Waals surface area contributed by atoms with Crippen LogP contribution in [0, 0.1) is 12.7 Å². The van der Waals surface area contributed by atoms with E-state index in [1.165, 1.54) is 23.5 Å². The Morgan fingerprint density at radius 1 is 1.42 bits per heavy atom. The van der Waals surface area contributed by atoms with Crippen LogP contribution in [0.3, 0.4) is 0 Å². The van der Waals surface area contributed by atoms with Crippen molar-refractivity contribution in [3.63, 3.8) is 0 Å². The topological polar surface area (TPSA) is 59.1 Å². The number of sulfonamides is 1. The highest BCUT2D eigenvalue weighted by atomic mass is 32.2. The maximum Gasteiger partial charge on any atom is 0.240 e. The summed E-state index contributed by atoms with van der Waals surface area (Å²) in [4.78, 5) is 5.04. The molecule has 7 heteroatoms. The van der Waals surface area contributed by atoms with Gasteiger partial charge in [-0.15, -0.1) is 11.3 Å². The van der Waals surface area contributed by atoms with Crippen LogP contribution in [0.15, 0.2) is 34.8 Å². The first-order chi connectivity index (χ1) is 8.99. The number of rotatable bonds is 5. The first-order valence-electron chi connectivity index (χ1n) is 5.62. The molecule has 0 amide bonds. The Morgan fingerprint density at radius 3 is 2.84 bits per heavy atom. The lowest BCUT2D eigenvalue weighted by molar-refractivity contribution is 0.580. The first kappa shape index (κ1) is 14.1. The van der Waals surface area contributed by atoms with Crippen molar-refractivity contribution in [2.24, 2.45) is 0 Å². The number of benzene rings is 1. The molecule has 0 unspecified atom stereocenters. The molecule has 0 aliphatic rings. The van der Waals surface area contributed by atoms with E-state index in [0.717, 1.165) is 10.9 Å². The minimum atomic E-state index is -3.59. The predicted molar refractivity (Wildman–Crippen MR) is 72.1 cm³/mol. The molecule has 4 nitrogen and oxygen atoms in total. The Bertz CT molecular complexity index is 654. The van der Waals surface area contributed by atoms with Gasteiger partial charge in [-0.2, -0.15) is 0 Å². The van der Waals surface area contributed by atoms with Crippen molar-refractivity contribution in [2.75, 3.05) is 6.54 Å². The Labute approximate surface area is 115 Å². The number of nitrogens with one attached hydrogen (secondary N) is 1. The third kappa shape index (κ3) is 3.59. The Kier molecular flexibility index (Phi) is 4.28. The average Bonchev–Trinajstić information content (AvgIpc) is 2.81. The summed E-state index contributed by atoms with van der Waals surface area (Å²) >= 11 is 1.48. The molecule has 2 rings (SSSR count). The predicted octanol–water partition coefficient (Wildman–Crippen LogP) is 2.11. The van der Waals surface area contributed by atoms with Gasteiger partial charge >= 0.3 is 0 Å². The summed E-state index contributed by atoms with van der Waals surface area (Å²) in [6.45, 7) is 1.86. The average molecular weight is 300 g/mol. The molecule has 0 fully saturated rings. The maximum atomic E-state index is 13.0. The van der Waals surface area contributed by atoms with E-state index in [9.17, 15) is 12.8 Å². The summed E-state index contributed by atoms with van der Waals surface area (Å²) in [7, 11) is -3.59. The third-order valence-electron chi connectivity index (χ3n) is 2.57. The number of nitrogens with zero attached hydrogens (tertiary/aromatic N) is 1. The van der Waals surface area contributed by atoms with Crippen LogP contribution in [-0.2, 0) is 16.4 Å². The van der Waals surface area contributed by atoms with Crippen LogP contribution < -0.4 is 4.72 Å². The largest absolute Gasteiger partial charge is 0.253 e. The molecule has 0 radical (unpaired) electrons. The number of thiazole rings is 1. The highest BCUT2D eigenvalue weighted by Gasteiger charge is 2.16. The lowest BCUT2D eigenvalue weighted by atomic mass is 10.2. The van der Waals surface area contributed by atoms with Crippen molar-refractivity contribution in [3.8, 4) is 0 Å². The molecule has 19 heavy (non-hydrogen) atoms. The quantitative estimate of drug-likeness (QED) is 0.920. The van der Waals surface area contributed by atoms with Gasteiger partial charge in [-0.25, -0.2) is 17.5 Å². The highest BCUT2D eigenvalue weighted by Crippen LogP contribution is 2.16. The van der Waals surface area contributed by atoms with Crippen LogP contribution in [0.25, 0.3) is 0 Å². The fourth-order valence-corrected chi connectivity index (χ4v) is 3.52. The van der Waals surface area contributed by atoms with Crippen LogP contribution in [0.2, 0.25) is 0 Å². The van der Waals surface area contributed by atoms with Crippen LogP contribution >= 0.6 is 11.3 Å². The SMILES string of the molecule is Cc1cc(F)ccc1S(=O)(=O)NCCc1cncs1. The maximum absolute atomic E-state index is 13.0. The molecule has 0 atom stereocenters. The zero-order valence-electron chi connectivity index (χ0n) is 10.3. The van der Waals surface area contributed by atoms with Crippen molar-refractivity contribution in [1.82, 2.24) is 9.71 Å². The third-order valence-corrected chi connectivity index (χ3v) is 5.03. The summed E-state index contributed by atoms with van der Waals surface area (Å²) in [5, 5.41) is 0. The number of hydrogen-bond acceptors (Lipinski definition) is 4. The van der Waals surface area contributed by atoms with Crippen LogP contribution in [0.5, 0.6) is 0 Å². The number of aryl methyl sites for hydroxylation is 1. The summed E-state index contributed by atoms with van der Waals surface area (Å²) in [5.41, 5.74) is 2.10. The van der Waals surface area contributed by atoms with Gasteiger partial charge in [-0.05, 0) is 37.1 Å². The van der Waals surface area contributed by atoms with Crippen LogP contribution in [0.1, 0.15) is 10.4 Å². The van der Waals surface area contributed by atoms with Gasteiger partial charge in [0.05, 0.1) is 10.4 Å². The molecule has 2 aromatic rings. The highest BCUT2D eigenvalue weighted by molar-refractivity contribution is 7.89. The van der Waals surface area contributed by atoms with Gasteiger partial charge in [0.1, 0.15) is 5.82 Å². The summed E-state index contributed by atoms with van der Waals surface area (Å²) < 4.78 is 39.5. The minimum Gasteiger partial charge on any atom is -0.253 e. The van der Waals surface area contributed by atoms with Gasteiger partial charge in [0.15, 0.2) is 0 Å². The van der Waals surface area contributed by atoms with E-state index in [-0.39, 0.29) is 4.90 Å². The van der Waals surface area contributed by atoms with Gasteiger partial charge < -0.3 is 0 Å². The minimum absolute atomic E-state index is 0.109. The van der Waals surface area contributed by atoms with Gasteiger partial charge in [0.25, 0.3) is 0 Å².